The Morgan fingerprint density at radius 1 is 0.628 bits per heavy atom. The number of nitro benzene ring substituents is 2. The molecule has 2 N–H and O–H groups in total. The van der Waals surface area contributed by atoms with Crippen molar-refractivity contribution in [3.8, 4) is 0 Å². The van der Waals surface area contributed by atoms with Crippen molar-refractivity contribution in [2.24, 2.45) is 0 Å². The van der Waals surface area contributed by atoms with Gasteiger partial charge in [0.1, 0.15) is 12.3 Å². The highest BCUT2D eigenvalue weighted by Gasteiger charge is 2.32. The molecule has 0 saturated carbocycles. The maximum absolute atomic E-state index is 13.3. The van der Waals surface area contributed by atoms with E-state index in [1.54, 1.807) is 48.2 Å². The summed E-state index contributed by atoms with van der Waals surface area (Å²) in [5.41, 5.74) is 5.56. The number of carbonyl (C=O) groups is 2. The third-order valence-corrected chi connectivity index (χ3v) is 7.88. The highest BCUT2D eigenvalue weighted by atomic mass is 16.6. The first-order chi connectivity index (χ1) is 20.6. The van der Waals surface area contributed by atoms with Crippen LogP contribution in [0.3, 0.4) is 0 Å². The van der Waals surface area contributed by atoms with E-state index in [-0.39, 0.29) is 23.2 Å². The maximum Gasteiger partial charge on any atom is 0.269 e. The van der Waals surface area contributed by atoms with Crippen LogP contribution in [0.25, 0.3) is 0 Å². The molecular formula is C31H26N6O6. The molecule has 2 amide bonds. The van der Waals surface area contributed by atoms with Gasteiger partial charge in [-0.15, -0.1) is 0 Å². The molecule has 43 heavy (non-hydrogen) atoms. The van der Waals surface area contributed by atoms with Crippen molar-refractivity contribution in [2.45, 2.75) is 18.8 Å². The van der Waals surface area contributed by atoms with E-state index < -0.39 is 22.2 Å². The van der Waals surface area contributed by atoms with Crippen molar-refractivity contribution in [3.05, 3.63) is 139 Å². The van der Waals surface area contributed by atoms with Crippen LogP contribution in [-0.2, 0) is 6.42 Å². The molecule has 4 aromatic rings. The highest BCUT2D eigenvalue weighted by molar-refractivity contribution is 6.02. The summed E-state index contributed by atoms with van der Waals surface area (Å²) in [5, 5.41) is 28.7. The molecule has 2 heterocycles. The second-order valence-corrected chi connectivity index (χ2v) is 10.6. The molecule has 6 rings (SSSR count). The molecular weight excluding hydrogens is 552 g/mol. The average Bonchev–Trinajstić information content (AvgIpc) is 3.01. The molecule has 12 heteroatoms. The smallest absolute Gasteiger partial charge is 0.269 e. The number of nitrogens with one attached hydrogen (secondary N) is 2. The lowest BCUT2D eigenvalue weighted by Gasteiger charge is -2.36. The van der Waals surface area contributed by atoms with Gasteiger partial charge in [0.15, 0.2) is 0 Å². The van der Waals surface area contributed by atoms with E-state index in [0.717, 1.165) is 22.3 Å². The Balaban J connectivity index is 1.20. The number of nitro groups is 2. The van der Waals surface area contributed by atoms with Crippen LogP contribution in [0.1, 0.15) is 55.3 Å². The topological polar surface area (TPSA) is 151 Å². The molecule has 4 aromatic carbocycles. The van der Waals surface area contributed by atoms with Gasteiger partial charge in [0, 0.05) is 49.7 Å². The summed E-state index contributed by atoms with van der Waals surface area (Å²) in [6.07, 6.45) is -0.457. The Morgan fingerprint density at radius 3 is 1.35 bits per heavy atom. The molecule has 2 atom stereocenters. The van der Waals surface area contributed by atoms with Crippen LogP contribution in [0.5, 0.6) is 0 Å². The molecule has 0 fully saturated rings. The fourth-order valence-corrected chi connectivity index (χ4v) is 5.52. The molecule has 0 saturated heterocycles. The molecule has 12 nitrogen and oxygen atoms in total. The van der Waals surface area contributed by atoms with Gasteiger partial charge in [0.2, 0.25) is 0 Å². The van der Waals surface area contributed by atoms with Crippen molar-refractivity contribution >= 4 is 34.6 Å². The van der Waals surface area contributed by atoms with Crippen molar-refractivity contribution in [3.63, 3.8) is 0 Å². The fraction of sp³-hybridized carbons (Fsp3) is 0.161. The fourth-order valence-electron chi connectivity index (χ4n) is 5.52. The van der Waals surface area contributed by atoms with Crippen LogP contribution < -0.4 is 10.6 Å². The lowest BCUT2D eigenvalue weighted by Crippen LogP contribution is -2.40. The molecule has 0 bridgehead atoms. The molecule has 2 aliphatic rings. The molecule has 216 valence electrons. The van der Waals surface area contributed by atoms with Crippen LogP contribution in [0.15, 0.2) is 84.9 Å². The number of nitrogens with zero attached hydrogens (tertiary/aromatic N) is 4. The number of rotatable bonds is 6. The molecule has 0 aliphatic carbocycles. The minimum Gasteiger partial charge on any atom is -0.361 e. The molecule has 2 aliphatic heterocycles. The van der Waals surface area contributed by atoms with Gasteiger partial charge >= 0.3 is 0 Å². The first kappa shape index (κ1) is 27.4. The van der Waals surface area contributed by atoms with E-state index >= 15 is 0 Å². The zero-order valence-corrected chi connectivity index (χ0v) is 23.2. The normalized spacial score (nSPS) is 17.4. The van der Waals surface area contributed by atoms with Crippen molar-refractivity contribution in [1.82, 2.24) is 9.80 Å². The van der Waals surface area contributed by atoms with Crippen LogP contribution in [-0.4, -0.2) is 45.6 Å². The Kier molecular flexibility index (Phi) is 6.73. The monoisotopic (exact) mass is 578 g/mol. The minimum absolute atomic E-state index is 0.0193. The zero-order chi connectivity index (χ0) is 30.4. The first-order valence-electron chi connectivity index (χ1n) is 13.4. The molecule has 0 radical (unpaired) electrons. The summed E-state index contributed by atoms with van der Waals surface area (Å²) in [5.74, 6) is -0.356. The van der Waals surface area contributed by atoms with E-state index in [2.05, 4.69) is 10.6 Å². The van der Waals surface area contributed by atoms with Gasteiger partial charge in [0.05, 0.1) is 21.0 Å². The van der Waals surface area contributed by atoms with Gasteiger partial charge in [-0.2, -0.15) is 0 Å². The van der Waals surface area contributed by atoms with Gasteiger partial charge in [-0.3, -0.25) is 29.8 Å². The largest absolute Gasteiger partial charge is 0.361 e. The maximum atomic E-state index is 13.3. The second kappa shape index (κ2) is 10.6. The third-order valence-electron chi connectivity index (χ3n) is 7.88. The molecule has 0 spiro atoms. The number of carbonyl (C=O) groups excluding carboxylic acids is 2. The summed E-state index contributed by atoms with van der Waals surface area (Å²) in [6, 6.07) is 23.4. The predicted molar refractivity (Wildman–Crippen MR) is 159 cm³/mol. The third kappa shape index (κ3) is 4.99. The van der Waals surface area contributed by atoms with E-state index in [9.17, 15) is 29.8 Å². The number of amides is 2. The van der Waals surface area contributed by atoms with Crippen LogP contribution >= 0.6 is 0 Å². The average molecular weight is 579 g/mol. The lowest BCUT2D eigenvalue weighted by molar-refractivity contribution is -0.385. The van der Waals surface area contributed by atoms with E-state index in [4.69, 9.17) is 0 Å². The minimum atomic E-state index is -0.474. The van der Waals surface area contributed by atoms with E-state index in [0.29, 0.717) is 28.9 Å². The Hall–Kier alpha value is -5.78. The van der Waals surface area contributed by atoms with Gasteiger partial charge in [-0.25, -0.2) is 0 Å². The van der Waals surface area contributed by atoms with Crippen LogP contribution in [0.4, 0.5) is 22.7 Å². The van der Waals surface area contributed by atoms with Crippen molar-refractivity contribution in [2.75, 3.05) is 24.7 Å². The van der Waals surface area contributed by atoms with Gasteiger partial charge < -0.3 is 20.4 Å². The van der Waals surface area contributed by atoms with E-state index in [1.165, 1.54) is 24.3 Å². The van der Waals surface area contributed by atoms with Crippen molar-refractivity contribution < 1.29 is 19.4 Å². The second-order valence-electron chi connectivity index (χ2n) is 10.6. The quantitative estimate of drug-likeness (QED) is 0.225. The number of hydrogen-bond donors (Lipinski definition) is 2. The SMILES string of the molecule is CN1C(=O)c2cc(Cc3ccc4c(c3)C(=O)N(C)C(c3ccc([N+](=O)[O-])cc3)N4)ccc2NC1c1ccc([N+](=O)[O-])cc1. The van der Waals surface area contributed by atoms with E-state index in [1.807, 2.05) is 36.4 Å². The molecule has 0 aromatic heterocycles. The summed E-state index contributed by atoms with van der Waals surface area (Å²) >= 11 is 0. The zero-order valence-electron chi connectivity index (χ0n) is 23.2. The number of hydrogen-bond acceptors (Lipinski definition) is 8. The Bertz CT molecular complexity index is 1660. The lowest BCUT2D eigenvalue weighted by atomic mass is 9.96. The van der Waals surface area contributed by atoms with Gasteiger partial charge in [-0.05, 0) is 77.2 Å². The number of non-ortho nitro benzene ring substituents is 2. The predicted octanol–water partition coefficient (Wildman–Crippen LogP) is 5.49. The molecule has 2 unspecified atom stereocenters. The highest BCUT2D eigenvalue weighted by Crippen LogP contribution is 2.36. The number of fused-ring (bicyclic) bond motifs is 2. The standard InChI is InChI=1S/C31H26N6O6/c1-34-28(20-5-9-22(10-6-20)36(40)41)32-26-13-3-18(16-24(26)30(34)38)15-19-4-14-27-25(17-19)31(39)35(2)29(33-27)21-7-11-23(12-8-21)37(42)43/h3-14,16-17,28-29,32-33H,15H2,1-2H3. The summed E-state index contributed by atoms with van der Waals surface area (Å²) < 4.78 is 0. The summed E-state index contributed by atoms with van der Waals surface area (Å²) in [7, 11) is 3.36. The first-order valence-corrected chi connectivity index (χ1v) is 13.4. The van der Waals surface area contributed by atoms with Crippen LogP contribution in [0, 0.1) is 20.2 Å². The van der Waals surface area contributed by atoms with Gasteiger partial charge in [-0.1, -0.05) is 12.1 Å². The summed E-state index contributed by atoms with van der Waals surface area (Å²) in [6.45, 7) is 0. The number of benzene rings is 4. The van der Waals surface area contributed by atoms with Gasteiger partial charge in [0.25, 0.3) is 23.2 Å². The van der Waals surface area contributed by atoms with Crippen LogP contribution in [0.2, 0.25) is 0 Å². The Morgan fingerprint density at radius 2 is 1.00 bits per heavy atom. The van der Waals surface area contributed by atoms with Crippen molar-refractivity contribution in [1.29, 1.82) is 0 Å². The summed E-state index contributed by atoms with van der Waals surface area (Å²) in [4.78, 5) is 50.9. The number of anilines is 2. The Labute approximate surface area is 245 Å².